The van der Waals surface area contributed by atoms with Gasteiger partial charge in [0.2, 0.25) is 0 Å². The topological polar surface area (TPSA) is 40.5 Å². The van der Waals surface area contributed by atoms with E-state index < -0.39 is 12.0 Å². The summed E-state index contributed by atoms with van der Waals surface area (Å²) in [4.78, 5) is 13.1. The number of hydrogen-bond donors (Lipinski definition) is 1. The predicted octanol–water partition coefficient (Wildman–Crippen LogP) is 2.58. The average molecular weight is 247 g/mol. The van der Waals surface area contributed by atoms with Crippen molar-refractivity contribution >= 4 is 5.97 Å². The minimum absolute atomic E-state index is 0.424. The van der Waals surface area contributed by atoms with Crippen molar-refractivity contribution in [3.63, 3.8) is 0 Å². The molecular formula is C15H21NO2. The second-order valence-corrected chi connectivity index (χ2v) is 4.28. The Balaban J connectivity index is 2.62. The number of aliphatic carboxylic acids is 1. The maximum Gasteiger partial charge on any atom is 0.320 e. The van der Waals surface area contributed by atoms with Crippen molar-refractivity contribution in [3.8, 4) is 0 Å². The van der Waals surface area contributed by atoms with Gasteiger partial charge in [-0.1, -0.05) is 43.3 Å². The smallest absolute Gasteiger partial charge is 0.320 e. The maximum absolute atomic E-state index is 11.2. The van der Waals surface area contributed by atoms with Crippen LogP contribution in [-0.4, -0.2) is 35.1 Å². The lowest BCUT2D eigenvalue weighted by Gasteiger charge is -2.26. The van der Waals surface area contributed by atoms with Crippen LogP contribution in [0, 0.1) is 0 Å². The van der Waals surface area contributed by atoms with Crippen molar-refractivity contribution in [2.24, 2.45) is 0 Å². The van der Waals surface area contributed by atoms with Gasteiger partial charge in [0.1, 0.15) is 6.04 Å². The Morgan fingerprint density at radius 2 is 2.11 bits per heavy atom. The Bertz CT molecular complexity index is 375. The Hall–Kier alpha value is -1.61. The molecule has 0 heterocycles. The molecule has 3 heteroatoms. The molecule has 0 bridgehead atoms. The predicted molar refractivity (Wildman–Crippen MR) is 73.6 cm³/mol. The summed E-state index contributed by atoms with van der Waals surface area (Å²) in [7, 11) is 0. The van der Waals surface area contributed by atoms with Gasteiger partial charge in [0.15, 0.2) is 0 Å². The van der Waals surface area contributed by atoms with E-state index in [1.807, 2.05) is 30.0 Å². The summed E-state index contributed by atoms with van der Waals surface area (Å²) in [6.07, 6.45) is 3.23. The van der Waals surface area contributed by atoms with Crippen LogP contribution in [0.15, 0.2) is 43.0 Å². The SMILES string of the molecule is C=CCN(CCc1ccccc1)C(CC)C(=O)O. The van der Waals surface area contributed by atoms with Crippen molar-refractivity contribution in [1.29, 1.82) is 0 Å². The minimum atomic E-state index is -0.757. The number of carboxylic acid groups (broad SMARTS) is 1. The average Bonchev–Trinajstić information content (AvgIpc) is 2.37. The Labute approximate surface area is 109 Å². The molecule has 0 radical (unpaired) electrons. The van der Waals surface area contributed by atoms with Crippen LogP contribution in [0.4, 0.5) is 0 Å². The molecule has 0 aliphatic carbocycles. The van der Waals surface area contributed by atoms with Gasteiger partial charge in [0.25, 0.3) is 0 Å². The molecule has 1 N–H and O–H groups in total. The molecule has 0 aliphatic heterocycles. The highest BCUT2D eigenvalue weighted by Crippen LogP contribution is 2.08. The van der Waals surface area contributed by atoms with Gasteiger partial charge in [0.05, 0.1) is 0 Å². The van der Waals surface area contributed by atoms with Crippen molar-refractivity contribution in [3.05, 3.63) is 48.6 Å². The van der Waals surface area contributed by atoms with Gasteiger partial charge in [0, 0.05) is 13.1 Å². The van der Waals surface area contributed by atoms with Crippen LogP contribution >= 0.6 is 0 Å². The molecule has 0 amide bonds. The number of nitrogens with zero attached hydrogens (tertiary/aromatic N) is 1. The van der Waals surface area contributed by atoms with Gasteiger partial charge in [-0.2, -0.15) is 0 Å². The number of hydrogen-bond acceptors (Lipinski definition) is 2. The lowest BCUT2D eigenvalue weighted by Crippen LogP contribution is -2.42. The lowest BCUT2D eigenvalue weighted by molar-refractivity contribution is -0.143. The van der Waals surface area contributed by atoms with Crippen LogP contribution in [0.3, 0.4) is 0 Å². The van der Waals surface area contributed by atoms with Crippen LogP contribution in [-0.2, 0) is 11.2 Å². The molecule has 1 unspecified atom stereocenters. The summed E-state index contributed by atoms with van der Waals surface area (Å²) >= 11 is 0. The molecule has 0 spiro atoms. The molecule has 0 fully saturated rings. The lowest BCUT2D eigenvalue weighted by atomic mass is 10.1. The van der Waals surface area contributed by atoms with Crippen molar-refractivity contribution < 1.29 is 9.90 Å². The zero-order valence-electron chi connectivity index (χ0n) is 10.9. The van der Waals surface area contributed by atoms with E-state index in [-0.39, 0.29) is 0 Å². The third-order valence-corrected chi connectivity index (χ3v) is 3.01. The first-order valence-corrected chi connectivity index (χ1v) is 6.30. The number of carbonyl (C=O) groups is 1. The first-order valence-electron chi connectivity index (χ1n) is 6.30. The van der Waals surface area contributed by atoms with E-state index >= 15 is 0 Å². The summed E-state index contributed by atoms with van der Waals surface area (Å²) < 4.78 is 0. The highest BCUT2D eigenvalue weighted by atomic mass is 16.4. The van der Waals surface area contributed by atoms with Gasteiger partial charge in [-0.25, -0.2) is 0 Å². The third-order valence-electron chi connectivity index (χ3n) is 3.01. The Kier molecular flexibility index (Phi) is 6.15. The Morgan fingerprint density at radius 1 is 1.44 bits per heavy atom. The molecule has 0 aromatic heterocycles. The van der Waals surface area contributed by atoms with E-state index in [2.05, 4.69) is 18.7 Å². The van der Waals surface area contributed by atoms with Gasteiger partial charge < -0.3 is 5.11 Å². The molecule has 1 aromatic rings. The second-order valence-electron chi connectivity index (χ2n) is 4.28. The first kappa shape index (κ1) is 14.5. The summed E-state index contributed by atoms with van der Waals surface area (Å²) in [5.41, 5.74) is 1.23. The summed E-state index contributed by atoms with van der Waals surface area (Å²) in [6.45, 7) is 6.94. The fourth-order valence-corrected chi connectivity index (χ4v) is 2.05. The molecule has 0 saturated carbocycles. The standard InChI is InChI=1S/C15H21NO2/c1-3-11-16(14(4-2)15(17)18)12-10-13-8-6-5-7-9-13/h3,5-9,14H,1,4,10-12H2,2H3,(H,17,18). The first-order chi connectivity index (χ1) is 8.69. The monoisotopic (exact) mass is 247 g/mol. The number of rotatable bonds is 8. The zero-order valence-corrected chi connectivity index (χ0v) is 10.9. The fraction of sp³-hybridized carbons (Fsp3) is 0.400. The van der Waals surface area contributed by atoms with E-state index in [0.29, 0.717) is 13.0 Å². The van der Waals surface area contributed by atoms with Crippen LogP contribution in [0.5, 0.6) is 0 Å². The summed E-state index contributed by atoms with van der Waals surface area (Å²) in [5, 5.41) is 9.19. The molecule has 1 aromatic carbocycles. The largest absolute Gasteiger partial charge is 0.480 e. The fourth-order valence-electron chi connectivity index (χ4n) is 2.05. The summed E-state index contributed by atoms with van der Waals surface area (Å²) in [5.74, 6) is -0.757. The van der Waals surface area contributed by atoms with Gasteiger partial charge >= 0.3 is 5.97 Å². The van der Waals surface area contributed by atoms with Gasteiger partial charge in [-0.15, -0.1) is 6.58 Å². The molecule has 1 rings (SSSR count). The van der Waals surface area contributed by atoms with Gasteiger partial charge in [-0.05, 0) is 18.4 Å². The van der Waals surface area contributed by atoms with E-state index in [1.165, 1.54) is 5.56 Å². The minimum Gasteiger partial charge on any atom is -0.480 e. The Morgan fingerprint density at radius 3 is 2.61 bits per heavy atom. The molecule has 1 atom stereocenters. The number of benzene rings is 1. The summed E-state index contributed by atoms with van der Waals surface area (Å²) in [6, 6.07) is 9.69. The van der Waals surface area contributed by atoms with Crippen molar-refractivity contribution in [2.45, 2.75) is 25.8 Å². The highest BCUT2D eigenvalue weighted by Gasteiger charge is 2.22. The van der Waals surface area contributed by atoms with E-state index in [4.69, 9.17) is 0 Å². The van der Waals surface area contributed by atoms with E-state index in [9.17, 15) is 9.90 Å². The normalized spacial score (nSPS) is 12.3. The quantitative estimate of drug-likeness (QED) is 0.718. The van der Waals surface area contributed by atoms with Crippen LogP contribution < -0.4 is 0 Å². The highest BCUT2D eigenvalue weighted by molar-refractivity contribution is 5.73. The van der Waals surface area contributed by atoms with E-state index in [0.717, 1.165) is 13.0 Å². The van der Waals surface area contributed by atoms with Crippen LogP contribution in [0.25, 0.3) is 0 Å². The third kappa shape index (κ3) is 4.34. The maximum atomic E-state index is 11.2. The zero-order chi connectivity index (χ0) is 13.4. The van der Waals surface area contributed by atoms with Gasteiger partial charge in [-0.3, -0.25) is 9.69 Å². The molecule has 18 heavy (non-hydrogen) atoms. The molecule has 3 nitrogen and oxygen atoms in total. The van der Waals surface area contributed by atoms with Crippen molar-refractivity contribution in [2.75, 3.05) is 13.1 Å². The number of carboxylic acids is 1. The second kappa shape index (κ2) is 7.67. The molecule has 98 valence electrons. The van der Waals surface area contributed by atoms with E-state index in [1.54, 1.807) is 6.08 Å². The van der Waals surface area contributed by atoms with Crippen molar-refractivity contribution in [1.82, 2.24) is 4.90 Å². The van der Waals surface area contributed by atoms with Crippen LogP contribution in [0.1, 0.15) is 18.9 Å². The molecule has 0 saturated heterocycles. The van der Waals surface area contributed by atoms with Crippen LogP contribution in [0.2, 0.25) is 0 Å². The molecule has 0 aliphatic rings. The molecular weight excluding hydrogens is 226 g/mol.